The number of aliphatic hydroxyl groups excluding tert-OH is 1. The molecular formula is C21H35NO3. The fraction of sp³-hybridized carbons (Fsp3) is 0.714. The molecule has 0 aromatic heterocycles. The van der Waals surface area contributed by atoms with Crippen molar-refractivity contribution in [3.63, 3.8) is 0 Å². The molecule has 4 heteroatoms. The quantitative estimate of drug-likeness (QED) is 0.498. The zero-order valence-corrected chi connectivity index (χ0v) is 15.8. The molecular weight excluding hydrogens is 314 g/mol. The fourth-order valence-electron chi connectivity index (χ4n) is 3.22. The van der Waals surface area contributed by atoms with Crippen LogP contribution in [0.1, 0.15) is 64.4 Å². The van der Waals surface area contributed by atoms with Crippen molar-refractivity contribution < 1.29 is 14.9 Å². The Balaban J connectivity index is 1.78. The normalized spacial score (nSPS) is 16.8. The summed E-state index contributed by atoms with van der Waals surface area (Å²) >= 11 is 0. The lowest BCUT2D eigenvalue weighted by molar-refractivity contribution is 0.172. The Morgan fingerprint density at radius 1 is 1.28 bits per heavy atom. The summed E-state index contributed by atoms with van der Waals surface area (Å²) in [6.07, 6.45) is 8.12. The van der Waals surface area contributed by atoms with E-state index in [1.807, 2.05) is 12.1 Å². The number of unbranched alkanes of at least 4 members (excludes halogenated alkanes) is 1. The van der Waals surface area contributed by atoms with Gasteiger partial charge in [0.25, 0.3) is 0 Å². The molecule has 1 unspecified atom stereocenters. The van der Waals surface area contributed by atoms with Crippen molar-refractivity contribution in [3.05, 3.63) is 23.8 Å². The van der Waals surface area contributed by atoms with E-state index in [4.69, 9.17) is 10.5 Å². The zero-order valence-electron chi connectivity index (χ0n) is 15.8. The Bertz CT molecular complexity index is 528. The van der Waals surface area contributed by atoms with Crippen molar-refractivity contribution in [3.8, 4) is 11.5 Å². The van der Waals surface area contributed by atoms with E-state index >= 15 is 0 Å². The summed E-state index contributed by atoms with van der Waals surface area (Å²) < 4.78 is 5.73. The molecule has 0 spiro atoms. The molecule has 0 amide bonds. The molecule has 1 atom stereocenters. The number of ether oxygens (including phenoxy) is 1. The van der Waals surface area contributed by atoms with Crippen LogP contribution >= 0.6 is 0 Å². The molecule has 142 valence electrons. The molecule has 2 rings (SSSR count). The van der Waals surface area contributed by atoms with Crippen molar-refractivity contribution in [2.75, 3.05) is 13.2 Å². The van der Waals surface area contributed by atoms with Crippen molar-refractivity contribution in [1.82, 2.24) is 0 Å². The van der Waals surface area contributed by atoms with Crippen LogP contribution in [0.2, 0.25) is 0 Å². The smallest absolute Gasteiger partial charge is 0.122 e. The molecule has 0 radical (unpaired) electrons. The largest absolute Gasteiger partial charge is 0.508 e. The minimum absolute atomic E-state index is 0.00182. The van der Waals surface area contributed by atoms with E-state index < -0.39 is 5.54 Å². The van der Waals surface area contributed by atoms with Gasteiger partial charge in [0.15, 0.2) is 0 Å². The van der Waals surface area contributed by atoms with Crippen LogP contribution in [0.25, 0.3) is 0 Å². The second-order valence-electron chi connectivity index (χ2n) is 8.20. The van der Waals surface area contributed by atoms with Gasteiger partial charge in [0, 0.05) is 11.6 Å². The molecule has 0 bridgehead atoms. The summed E-state index contributed by atoms with van der Waals surface area (Å²) in [5, 5.41) is 19.9. The summed E-state index contributed by atoms with van der Waals surface area (Å²) in [4.78, 5) is 0. The highest BCUT2D eigenvalue weighted by molar-refractivity contribution is 5.39. The third-order valence-electron chi connectivity index (χ3n) is 5.10. The average molecular weight is 350 g/mol. The third kappa shape index (κ3) is 7.25. The number of nitrogens with two attached hydrogens (primary N) is 1. The first-order valence-electron chi connectivity index (χ1n) is 9.76. The van der Waals surface area contributed by atoms with E-state index in [1.165, 1.54) is 25.7 Å². The summed E-state index contributed by atoms with van der Waals surface area (Å²) in [5.41, 5.74) is 6.66. The molecule has 1 aliphatic carbocycles. The number of aryl methyl sites for hydroxylation is 1. The van der Waals surface area contributed by atoms with Gasteiger partial charge in [0.2, 0.25) is 0 Å². The maximum Gasteiger partial charge on any atom is 0.122 e. The molecule has 1 aromatic rings. The van der Waals surface area contributed by atoms with Gasteiger partial charge in [-0.15, -0.1) is 0 Å². The van der Waals surface area contributed by atoms with Crippen molar-refractivity contribution in [1.29, 1.82) is 0 Å². The lowest BCUT2D eigenvalue weighted by Crippen LogP contribution is -2.44. The molecule has 1 fully saturated rings. The number of phenols is 1. The Kier molecular flexibility index (Phi) is 7.57. The molecule has 1 aromatic carbocycles. The predicted octanol–water partition coefficient (Wildman–Crippen LogP) is 4.02. The molecule has 0 heterocycles. The van der Waals surface area contributed by atoms with Crippen LogP contribution < -0.4 is 10.5 Å². The van der Waals surface area contributed by atoms with Gasteiger partial charge in [0.05, 0.1) is 13.2 Å². The molecule has 4 nitrogen and oxygen atoms in total. The van der Waals surface area contributed by atoms with Gasteiger partial charge in [0.1, 0.15) is 11.5 Å². The van der Waals surface area contributed by atoms with Crippen LogP contribution in [0.15, 0.2) is 18.2 Å². The van der Waals surface area contributed by atoms with Gasteiger partial charge in [-0.3, -0.25) is 0 Å². The van der Waals surface area contributed by atoms with Crippen LogP contribution in [-0.4, -0.2) is 29.0 Å². The number of hydrogen-bond donors (Lipinski definition) is 3. The highest BCUT2D eigenvalue weighted by atomic mass is 16.5. The van der Waals surface area contributed by atoms with Gasteiger partial charge in [-0.2, -0.15) is 0 Å². The number of rotatable bonds is 12. The lowest BCUT2D eigenvalue weighted by Gasteiger charge is -2.27. The Hall–Kier alpha value is -1.26. The molecule has 1 saturated carbocycles. The van der Waals surface area contributed by atoms with E-state index in [2.05, 4.69) is 13.8 Å². The molecule has 25 heavy (non-hydrogen) atoms. The molecule has 0 saturated heterocycles. The first kappa shape index (κ1) is 20.1. The monoisotopic (exact) mass is 349 g/mol. The highest BCUT2D eigenvalue weighted by Gasteiger charge is 2.33. The van der Waals surface area contributed by atoms with Crippen molar-refractivity contribution in [2.24, 2.45) is 17.6 Å². The van der Waals surface area contributed by atoms with E-state index in [0.29, 0.717) is 31.1 Å². The summed E-state index contributed by atoms with van der Waals surface area (Å²) in [6.45, 7) is 5.15. The number of phenolic OH excluding ortho intramolecular Hbond substituents is 1. The van der Waals surface area contributed by atoms with Crippen molar-refractivity contribution >= 4 is 0 Å². The first-order chi connectivity index (χ1) is 11.9. The first-order valence-corrected chi connectivity index (χ1v) is 9.76. The van der Waals surface area contributed by atoms with E-state index in [1.54, 1.807) is 6.07 Å². The van der Waals surface area contributed by atoms with Gasteiger partial charge >= 0.3 is 0 Å². The third-order valence-corrected chi connectivity index (χ3v) is 5.10. The molecule has 0 aliphatic heterocycles. The van der Waals surface area contributed by atoms with Gasteiger partial charge in [-0.25, -0.2) is 0 Å². The minimum Gasteiger partial charge on any atom is -0.508 e. The lowest BCUT2D eigenvalue weighted by atomic mass is 9.87. The van der Waals surface area contributed by atoms with Crippen LogP contribution in [-0.2, 0) is 6.42 Å². The zero-order chi connectivity index (χ0) is 18.3. The van der Waals surface area contributed by atoms with Gasteiger partial charge in [-0.1, -0.05) is 39.2 Å². The standard InChI is InChI=1S/C21H35NO3/c1-16(2)5-3-4-12-25-19-9-8-18(20(24)13-19)10-11-21(22,15-23)14-17-6-7-17/h8-9,13,16-17,23-24H,3-7,10-12,14-15,22H2,1-2H3. The highest BCUT2D eigenvalue weighted by Crippen LogP contribution is 2.37. The predicted molar refractivity (Wildman–Crippen MR) is 102 cm³/mol. The summed E-state index contributed by atoms with van der Waals surface area (Å²) in [7, 11) is 0. The maximum atomic E-state index is 10.2. The summed E-state index contributed by atoms with van der Waals surface area (Å²) in [6, 6.07) is 5.51. The molecule has 1 aliphatic rings. The number of hydrogen-bond acceptors (Lipinski definition) is 4. The minimum atomic E-state index is -0.529. The van der Waals surface area contributed by atoms with Crippen LogP contribution in [0.4, 0.5) is 0 Å². The van der Waals surface area contributed by atoms with E-state index in [-0.39, 0.29) is 12.4 Å². The molecule has 4 N–H and O–H groups in total. The number of aliphatic hydroxyl groups is 1. The second-order valence-corrected chi connectivity index (χ2v) is 8.20. The SMILES string of the molecule is CC(C)CCCCOc1ccc(CCC(N)(CO)CC2CC2)c(O)c1. The Labute approximate surface area is 152 Å². The van der Waals surface area contributed by atoms with Crippen LogP contribution in [0.3, 0.4) is 0 Å². The number of benzene rings is 1. The second kappa shape index (κ2) is 9.44. The van der Waals surface area contributed by atoms with Gasteiger partial charge in [-0.05, 0) is 55.6 Å². The average Bonchev–Trinajstić information content (AvgIpc) is 3.37. The van der Waals surface area contributed by atoms with Gasteiger partial charge < -0.3 is 20.7 Å². The fourth-order valence-corrected chi connectivity index (χ4v) is 3.22. The van der Waals surface area contributed by atoms with Crippen LogP contribution in [0, 0.1) is 11.8 Å². The van der Waals surface area contributed by atoms with E-state index in [0.717, 1.165) is 24.3 Å². The summed E-state index contributed by atoms with van der Waals surface area (Å²) in [5.74, 6) is 2.38. The van der Waals surface area contributed by atoms with E-state index in [9.17, 15) is 10.2 Å². The van der Waals surface area contributed by atoms with Crippen LogP contribution in [0.5, 0.6) is 11.5 Å². The Morgan fingerprint density at radius 3 is 2.64 bits per heavy atom. The topological polar surface area (TPSA) is 75.7 Å². The maximum absolute atomic E-state index is 10.2. The Morgan fingerprint density at radius 2 is 2.04 bits per heavy atom. The number of aromatic hydroxyl groups is 1. The van der Waals surface area contributed by atoms with Crippen molar-refractivity contribution in [2.45, 2.75) is 70.8 Å².